The number of aromatic nitrogens is 2. The van der Waals surface area contributed by atoms with Gasteiger partial charge in [-0.1, -0.05) is 0 Å². The van der Waals surface area contributed by atoms with Crippen molar-refractivity contribution in [3.05, 3.63) is 47.3 Å². The molecular formula is C16H19F2N3O4S2. The van der Waals surface area contributed by atoms with E-state index in [1.165, 1.54) is 17.8 Å². The number of sulfonamides is 1. The lowest BCUT2D eigenvalue weighted by atomic mass is 10.2. The topological polar surface area (TPSA) is 89.3 Å². The van der Waals surface area contributed by atoms with Crippen LogP contribution in [0.2, 0.25) is 0 Å². The molecule has 27 heavy (non-hydrogen) atoms. The third kappa shape index (κ3) is 3.76. The summed E-state index contributed by atoms with van der Waals surface area (Å²) in [6.07, 6.45) is 2.95. The summed E-state index contributed by atoms with van der Waals surface area (Å²) in [5, 5.41) is 4.06. The van der Waals surface area contributed by atoms with Crippen LogP contribution in [-0.4, -0.2) is 49.0 Å². The minimum Gasteiger partial charge on any atom is -0.273 e. The van der Waals surface area contributed by atoms with Crippen LogP contribution in [-0.2, 0) is 26.4 Å². The number of benzene rings is 1. The molecule has 0 amide bonds. The summed E-state index contributed by atoms with van der Waals surface area (Å²) in [5.41, 5.74) is 0.366. The molecule has 0 saturated carbocycles. The second kappa shape index (κ2) is 6.95. The number of rotatable bonds is 4. The average Bonchev–Trinajstić information content (AvgIpc) is 3.06. The average molecular weight is 419 g/mol. The Bertz CT molecular complexity index is 1080. The molecule has 1 atom stereocenters. The Kier molecular flexibility index (Phi) is 5.12. The second-order valence-corrected chi connectivity index (χ2v) is 10.5. The number of sulfone groups is 1. The largest absolute Gasteiger partial charge is 0.273 e. The van der Waals surface area contributed by atoms with Crippen LogP contribution in [0.5, 0.6) is 0 Å². The predicted octanol–water partition coefficient (Wildman–Crippen LogP) is 1.65. The molecule has 11 heteroatoms. The van der Waals surface area contributed by atoms with Gasteiger partial charge in [0.1, 0.15) is 16.5 Å². The maximum absolute atomic E-state index is 14.3. The fraction of sp³-hybridized carbons (Fsp3) is 0.438. The minimum atomic E-state index is -4.46. The van der Waals surface area contributed by atoms with Crippen molar-refractivity contribution in [2.45, 2.75) is 31.3 Å². The molecule has 2 heterocycles. The molecule has 0 aliphatic carbocycles. The van der Waals surface area contributed by atoms with Crippen molar-refractivity contribution in [3.63, 3.8) is 0 Å². The number of aryl methyl sites for hydroxylation is 2. The van der Waals surface area contributed by atoms with Crippen molar-refractivity contribution < 1.29 is 25.6 Å². The highest BCUT2D eigenvalue weighted by atomic mass is 32.2. The highest BCUT2D eigenvalue weighted by Gasteiger charge is 2.41. The number of halogens is 2. The maximum Gasteiger partial charge on any atom is 0.246 e. The number of hydrogen-bond acceptors (Lipinski definition) is 5. The van der Waals surface area contributed by atoms with Gasteiger partial charge < -0.3 is 0 Å². The quantitative estimate of drug-likeness (QED) is 0.752. The fourth-order valence-corrected chi connectivity index (χ4v) is 6.40. The smallest absolute Gasteiger partial charge is 0.246 e. The Morgan fingerprint density at radius 1 is 1.26 bits per heavy atom. The Hall–Kier alpha value is -1.85. The van der Waals surface area contributed by atoms with E-state index in [4.69, 9.17) is 0 Å². The first-order chi connectivity index (χ1) is 12.5. The Labute approximate surface area is 156 Å². The van der Waals surface area contributed by atoms with Gasteiger partial charge in [-0.25, -0.2) is 25.6 Å². The van der Waals surface area contributed by atoms with E-state index in [1.54, 1.807) is 6.20 Å². The second-order valence-electron chi connectivity index (χ2n) is 6.41. The third-order valence-electron chi connectivity index (χ3n) is 4.54. The van der Waals surface area contributed by atoms with Crippen molar-refractivity contribution in [3.8, 4) is 0 Å². The molecular weight excluding hydrogens is 400 g/mol. The van der Waals surface area contributed by atoms with Gasteiger partial charge in [0, 0.05) is 24.8 Å². The molecule has 0 spiro atoms. The Balaban J connectivity index is 2.10. The summed E-state index contributed by atoms with van der Waals surface area (Å²) in [4.78, 5) is -0.808. The number of hydrogen-bond donors (Lipinski definition) is 0. The Morgan fingerprint density at radius 2 is 1.96 bits per heavy atom. The van der Waals surface area contributed by atoms with Crippen molar-refractivity contribution in [2.75, 3.05) is 18.1 Å². The fourth-order valence-electron chi connectivity index (χ4n) is 3.02. The monoisotopic (exact) mass is 419 g/mol. The summed E-state index contributed by atoms with van der Waals surface area (Å²) < 4.78 is 80.9. The van der Waals surface area contributed by atoms with E-state index in [0.717, 1.165) is 10.4 Å². The molecule has 1 unspecified atom stereocenters. The minimum absolute atomic E-state index is 0.0200. The van der Waals surface area contributed by atoms with Gasteiger partial charge in [0.25, 0.3) is 0 Å². The van der Waals surface area contributed by atoms with Gasteiger partial charge in [-0.05, 0) is 31.5 Å². The molecule has 1 saturated heterocycles. The number of nitrogens with zero attached hydrogens (tertiary/aromatic N) is 3. The summed E-state index contributed by atoms with van der Waals surface area (Å²) in [7, 11) is -7.95. The molecule has 1 aliphatic rings. The summed E-state index contributed by atoms with van der Waals surface area (Å²) in [5.74, 6) is -2.77. The molecule has 0 bridgehead atoms. The van der Waals surface area contributed by atoms with Crippen LogP contribution in [0.25, 0.3) is 0 Å². The molecule has 148 valence electrons. The first kappa shape index (κ1) is 19.9. The van der Waals surface area contributed by atoms with E-state index in [2.05, 4.69) is 5.10 Å². The lowest BCUT2D eigenvalue weighted by molar-refractivity contribution is 0.342. The van der Waals surface area contributed by atoms with Gasteiger partial charge in [0.15, 0.2) is 9.84 Å². The van der Waals surface area contributed by atoms with Crippen molar-refractivity contribution in [1.29, 1.82) is 0 Å². The van der Waals surface area contributed by atoms with Gasteiger partial charge in [0.2, 0.25) is 10.0 Å². The molecule has 2 aromatic rings. The summed E-state index contributed by atoms with van der Waals surface area (Å²) in [6.45, 7) is 3.32. The standard InChI is InChI=1S/C16H19F2N3O4S2/c1-3-20-9-12(8-19-20)15-10-26(22,23)5-4-21(15)27(24,25)16-7-13(17)11(2)6-14(16)18/h6-9,15H,3-5,10H2,1-2H3. The summed E-state index contributed by atoms with van der Waals surface area (Å²) >= 11 is 0. The molecule has 1 aromatic carbocycles. The van der Waals surface area contributed by atoms with E-state index < -0.39 is 48.2 Å². The van der Waals surface area contributed by atoms with Gasteiger partial charge in [-0.2, -0.15) is 9.40 Å². The maximum atomic E-state index is 14.3. The third-order valence-corrected chi connectivity index (χ3v) is 8.10. The first-order valence-corrected chi connectivity index (χ1v) is 11.5. The molecule has 0 N–H and O–H groups in total. The van der Waals surface area contributed by atoms with E-state index in [1.807, 2.05) is 6.92 Å². The van der Waals surface area contributed by atoms with E-state index >= 15 is 0 Å². The van der Waals surface area contributed by atoms with E-state index in [0.29, 0.717) is 18.2 Å². The molecule has 1 aliphatic heterocycles. The van der Waals surface area contributed by atoms with Crippen LogP contribution < -0.4 is 0 Å². The molecule has 7 nitrogen and oxygen atoms in total. The van der Waals surface area contributed by atoms with Gasteiger partial charge in [-0.15, -0.1) is 0 Å². The van der Waals surface area contributed by atoms with Gasteiger partial charge >= 0.3 is 0 Å². The molecule has 3 rings (SSSR count). The summed E-state index contributed by atoms with van der Waals surface area (Å²) in [6, 6.07) is 0.390. The first-order valence-electron chi connectivity index (χ1n) is 8.25. The lowest BCUT2D eigenvalue weighted by Gasteiger charge is -2.34. The zero-order chi connectivity index (χ0) is 20.0. The van der Waals surface area contributed by atoms with Crippen LogP contribution in [0.3, 0.4) is 0 Å². The van der Waals surface area contributed by atoms with Crippen LogP contribution in [0.4, 0.5) is 8.78 Å². The van der Waals surface area contributed by atoms with Crippen molar-refractivity contribution in [1.82, 2.24) is 14.1 Å². The van der Waals surface area contributed by atoms with Gasteiger partial charge in [0.05, 0.1) is 23.7 Å². The van der Waals surface area contributed by atoms with Crippen LogP contribution >= 0.6 is 0 Å². The highest BCUT2D eigenvalue weighted by molar-refractivity contribution is 7.92. The van der Waals surface area contributed by atoms with Crippen LogP contribution in [0, 0.1) is 18.6 Å². The molecule has 1 aromatic heterocycles. The van der Waals surface area contributed by atoms with Crippen LogP contribution in [0.1, 0.15) is 24.1 Å². The van der Waals surface area contributed by atoms with Gasteiger partial charge in [-0.3, -0.25) is 4.68 Å². The Morgan fingerprint density at radius 3 is 2.59 bits per heavy atom. The SMILES string of the molecule is CCn1cc(C2CS(=O)(=O)CCN2S(=O)(=O)c2cc(F)c(C)cc2F)cn1. The predicted molar refractivity (Wildman–Crippen MR) is 94.3 cm³/mol. The van der Waals surface area contributed by atoms with E-state index in [9.17, 15) is 25.6 Å². The molecule has 1 fully saturated rings. The molecule has 0 radical (unpaired) electrons. The van der Waals surface area contributed by atoms with Crippen molar-refractivity contribution in [2.24, 2.45) is 0 Å². The lowest BCUT2D eigenvalue weighted by Crippen LogP contribution is -2.46. The van der Waals surface area contributed by atoms with Crippen LogP contribution in [0.15, 0.2) is 29.4 Å². The highest BCUT2D eigenvalue weighted by Crippen LogP contribution is 2.33. The van der Waals surface area contributed by atoms with Crippen molar-refractivity contribution >= 4 is 19.9 Å². The zero-order valence-corrected chi connectivity index (χ0v) is 16.4. The zero-order valence-electron chi connectivity index (χ0n) is 14.8. The normalized spacial score (nSPS) is 20.7. The van der Waals surface area contributed by atoms with E-state index in [-0.39, 0.29) is 17.9 Å².